The van der Waals surface area contributed by atoms with Gasteiger partial charge >= 0.3 is 0 Å². The first-order valence-corrected chi connectivity index (χ1v) is 8.10. The monoisotopic (exact) mass is 322 g/mol. The Labute approximate surface area is 137 Å². The first-order chi connectivity index (χ1) is 11.3. The Morgan fingerprint density at radius 3 is 2.91 bits per heavy atom. The van der Waals surface area contributed by atoms with Crippen LogP contribution in [0.15, 0.2) is 52.9 Å². The molecule has 0 saturated carbocycles. The third kappa shape index (κ3) is 2.80. The van der Waals surface area contributed by atoms with Crippen LogP contribution >= 0.6 is 11.3 Å². The molecule has 1 aromatic carbocycles. The lowest BCUT2D eigenvalue weighted by Gasteiger charge is -2.08. The first-order valence-electron chi connectivity index (χ1n) is 7.22. The smallest absolute Gasteiger partial charge is 0.137 e. The van der Waals surface area contributed by atoms with E-state index in [2.05, 4.69) is 31.7 Å². The van der Waals surface area contributed by atoms with Crippen LogP contribution in [-0.4, -0.2) is 15.0 Å². The van der Waals surface area contributed by atoms with Crippen molar-refractivity contribution in [2.75, 3.05) is 5.32 Å². The van der Waals surface area contributed by atoms with Gasteiger partial charge in [-0.05, 0) is 30.7 Å². The number of benzene rings is 1. The summed E-state index contributed by atoms with van der Waals surface area (Å²) >= 11 is 1.65. The molecular formula is C17H14N4OS. The number of nitrogens with zero attached hydrogens (tertiary/aromatic N) is 3. The van der Waals surface area contributed by atoms with Gasteiger partial charge in [0.15, 0.2) is 0 Å². The lowest BCUT2D eigenvalue weighted by molar-refractivity contribution is 0.568. The number of aromatic nitrogens is 3. The summed E-state index contributed by atoms with van der Waals surface area (Å²) in [4.78, 5) is 13.2. The van der Waals surface area contributed by atoms with Crippen molar-refractivity contribution >= 4 is 28.1 Å². The molecule has 0 spiro atoms. The van der Waals surface area contributed by atoms with E-state index < -0.39 is 0 Å². The van der Waals surface area contributed by atoms with Gasteiger partial charge in [0.2, 0.25) is 0 Å². The van der Waals surface area contributed by atoms with Gasteiger partial charge in [-0.1, -0.05) is 6.07 Å². The quantitative estimate of drug-likeness (QED) is 0.608. The lowest BCUT2D eigenvalue weighted by atomic mass is 10.1. The molecule has 0 aliphatic carbocycles. The summed E-state index contributed by atoms with van der Waals surface area (Å²) in [5.41, 5.74) is 4.04. The normalized spacial score (nSPS) is 11.0. The Balaban J connectivity index is 1.69. The number of thiazole rings is 1. The van der Waals surface area contributed by atoms with Gasteiger partial charge < -0.3 is 9.73 Å². The van der Waals surface area contributed by atoms with Crippen molar-refractivity contribution in [3.05, 3.63) is 59.2 Å². The summed E-state index contributed by atoms with van der Waals surface area (Å²) in [6.45, 7) is 2.65. The van der Waals surface area contributed by atoms with E-state index >= 15 is 0 Å². The molecule has 4 aromatic rings. The number of hydrogen-bond acceptors (Lipinski definition) is 6. The van der Waals surface area contributed by atoms with Gasteiger partial charge in [-0.3, -0.25) is 0 Å². The molecule has 0 unspecified atom stereocenters. The minimum absolute atomic E-state index is 0.645. The topological polar surface area (TPSA) is 63.8 Å². The number of nitrogens with one attached hydrogen (secondary N) is 1. The molecule has 0 aliphatic rings. The van der Waals surface area contributed by atoms with E-state index in [9.17, 15) is 0 Å². The summed E-state index contributed by atoms with van der Waals surface area (Å²) in [7, 11) is 0. The summed E-state index contributed by atoms with van der Waals surface area (Å²) < 4.78 is 5.16. The van der Waals surface area contributed by atoms with Crippen molar-refractivity contribution < 1.29 is 4.42 Å². The molecule has 0 amide bonds. The highest BCUT2D eigenvalue weighted by Gasteiger charge is 2.07. The van der Waals surface area contributed by atoms with Crippen LogP contribution in [-0.2, 0) is 6.54 Å². The fourth-order valence-corrected chi connectivity index (χ4v) is 3.08. The number of anilines is 1. The SMILES string of the molecule is Cc1nc(CNc2ncnc3ccc(-c4ccoc4)cc23)cs1. The molecule has 23 heavy (non-hydrogen) atoms. The molecule has 3 aromatic heterocycles. The maximum atomic E-state index is 5.16. The van der Waals surface area contributed by atoms with E-state index in [0.717, 1.165) is 38.5 Å². The largest absolute Gasteiger partial charge is 0.472 e. The maximum Gasteiger partial charge on any atom is 0.137 e. The Morgan fingerprint density at radius 1 is 1.17 bits per heavy atom. The van der Waals surface area contributed by atoms with Gasteiger partial charge in [-0.25, -0.2) is 15.0 Å². The molecule has 0 bridgehead atoms. The minimum atomic E-state index is 0.645. The summed E-state index contributed by atoms with van der Waals surface area (Å²) in [5.74, 6) is 0.811. The maximum absolute atomic E-state index is 5.16. The van der Waals surface area contributed by atoms with Crippen molar-refractivity contribution in [1.82, 2.24) is 15.0 Å². The zero-order valence-corrected chi connectivity index (χ0v) is 13.3. The molecule has 0 fully saturated rings. The highest BCUT2D eigenvalue weighted by atomic mass is 32.1. The standard InChI is InChI=1S/C17H14N4OS/c1-11-21-14(9-23-11)7-18-17-15-6-12(13-4-5-22-8-13)2-3-16(15)19-10-20-17/h2-6,8-10H,7H2,1H3,(H,18,19,20). The van der Waals surface area contributed by atoms with Crippen molar-refractivity contribution in [1.29, 1.82) is 0 Å². The van der Waals surface area contributed by atoms with Crippen LogP contribution in [0.4, 0.5) is 5.82 Å². The van der Waals surface area contributed by atoms with E-state index in [-0.39, 0.29) is 0 Å². The van der Waals surface area contributed by atoms with Gasteiger partial charge in [0.25, 0.3) is 0 Å². The second-order valence-corrected chi connectivity index (χ2v) is 6.24. The van der Waals surface area contributed by atoms with E-state index in [1.54, 1.807) is 30.2 Å². The summed E-state index contributed by atoms with van der Waals surface area (Å²) in [5, 5.41) is 7.47. The van der Waals surface area contributed by atoms with Crippen LogP contribution in [0.25, 0.3) is 22.0 Å². The Bertz CT molecular complexity index is 946. The first kappa shape index (κ1) is 13.9. The molecule has 0 saturated heterocycles. The van der Waals surface area contributed by atoms with Crippen LogP contribution in [0.2, 0.25) is 0 Å². The molecule has 0 atom stereocenters. The molecule has 4 rings (SSSR count). The Kier molecular flexibility index (Phi) is 3.51. The van der Waals surface area contributed by atoms with Gasteiger partial charge in [0.05, 0.1) is 35.3 Å². The molecular weight excluding hydrogens is 308 g/mol. The molecule has 3 heterocycles. The van der Waals surface area contributed by atoms with Gasteiger partial charge in [-0.15, -0.1) is 11.3 Å². The second-order valence-electron chi connectivity index (χ2n) is 5.18. The number of aryl methyl sites for hydroxylation is 1. The van der Waals surface area contributed by atoms with Crippen molar-refractivity contribution in [2.24, 2.45) is 0 Å². The van der Waals surface area contributed by atoms with Crippen LogP contribution in [0.3, 0.4) is 0 Å². The molecule has 0 aliphatic heterocycles. The van der Waals surface area contributed by atoms with E-state index in [1.165, 1.54) is 0 Å². The lowest BCUT2D eigenvalue weighted by Crippen LogP contribution is -2.03. The van der Waals surface area contributed by atoms with Gasteiger partial charge in [0.1, 0.15) is 12.1 Å². The molecule has 0 radical (unpaired) electrons. The van der Waals surface area contributed by atoms with Crippen LogP contribution < -0.4 is 5.32 Å². The summed E-state index contributed by atoms with van der Waals surface area (Å²) in [6, 6.07) is 8.05. The number of rotatable bonds is 4. The summed E-state index contributed by atoms with van der Waals surface area (Å²) in [6.07, 6.45) is 4.98. The number of furan rings is 1. The minimum Gasteiger partial charge on any atom is -0.472 e. The molecule has 6 heteroatoms. The zero-order chi connectivity index (χ0) is 15.6. The van der Waals surface area contributed by atoms with Crippen LogP contribution in [0.1, 0.15) is 10.7 Å². The highest BCUT2D eigenvalue weighted by Crippen LogP contribution is 2.27. The molecule has 1 N–H and O–H groups in total. The van der Waals surface area contributed by atoms with Gasteiger partial charge in [-0.2, -0.15) is 0 Å². The number of fused-ring (bicyclic) bond motifs is 1. The van der Waals surface area contributed by atoms with E-state index in [4.69, 9.17) is 4.42 Å². The van der Waals surface area contributed by atoms with Crippen LogP contribution in [0, 0.1) is 6.92 Å². The predicted molar refractivity (Wildman–Crippen MR) is 91.4 cm³/mol. The number of hydrogen-bond donors (Lipinski definition) is 1. The molecule has 114 valence electrons. The third-order valence-electron chi connectivity index (χ3n) is 3.59. The Morgan fingerprint density at radius 2 is 2.13 bits per heavy atom. The second kappa shape index (κ2) is 5.81. The van der Waals surface area contributed by atoms with Crippen molar-refractivity contribution in [3.8, 4) is 11.1 Å². The molecule has 5 nitrogen and oxygen atoms in total. The predicted octanol–water partition coefficient (Wildman–Crippen LogP) is 4.27. The van der Waals surface area contributed by atoms with Crippen LogP contribution in [0.5, 0.6) is 0 Å². The highest BCUT2D eigenvalue weighted by molar-refractivity contribution is 7.09. The van der Waals surface area contributed by atoms with Gasteiger partial charge in [0, 0.05) is 16.3 Å². The zero-order valence-electron chi connectivity index (χ0n) is 12.5. The van der Waals surface area contributed by atoms with E-state index in [0.29, 0.717) is 6.54 Å². The fourth-order valence-electron chi connectivity index (χ4n) is 2.47. The third-order valence-corrected chi connectivity index (χ3v) is 4.42. The van der Waals surface area contributed by atoms with Crippen molar-refractivity contribution in [2.45, 2.75) is 13.5 Å². The van der Waals surface area contributed by atoms with E-state index in [1.807, 2.05) is 25.1 Å². The Hall–Kier alpha value is -2.73. The fraction of sp³-hybridized carbons (Fsp3) is 0.118. The van der Waals surface area contributed by atoms with Crippen molar-refractivity contribution in [3.63, 3.8) is 0 Å². The average Bonchev–Trinajstić information content (AvgIpc) is 3.24. The average molecular weight is 322 g/mol.